The van der Waals surface area contributed by atoms with Crippen molar-refractivity contribution in [3.05, 3.63) is 35.4 Å². The molecule has 3 nitrogen and oxygen atoms in total. The first-order valence-corrected chi connectivity index (χ1v) is 7.61. The number of rotatable bonds is 5. The summed E-state index contributed by atoms with van der Waals surface area (Å²) in [5.41, 5.74) is 7.37. The maximum absolute atomic E-state index is 11.9. The topological polar surface area (TPSA) is 55.1 Å². The van der Waals surface area contributed by atoms with Gasteiger partial charge in [-0.05, 0) is 30.2 Å². The van der Waals surface area contributed by atoms with Gasteiger partial charge < -0.3 is 11.1 Å². The van der Waals surface area contributed by atoms with Crippen LogP contribution >= 0.6 is 12.2 Å². The Kier molecular flexibility index (Phi) is 5.12. The van der Waals surface area contributed by atoms with Crippen molar-refractivity contribution in [1.29, 1.82) is 0 Å². The van der Waals surface area contributed by atoms with Gasteiger partial charge in [-0.2, -0.15) is 0 Å². The van der Waals surface area contributed by atoms with Crippen LogP contribution in [-0.2, 0) is 11.2 Å². The van der Waals surface area contributed by atoms with Crippen molar-refractivity contribution in [2.75, 3.05) is 6.54 Å². The summed E-state index contributed by atoms with van der Waals surface area (Å²) >= 11 is 4.90. The van der Waals surface area contributed by atoms with Gasteiger partial charge >= 0.3 is 0 Å². The summed E-state index contributed by atoms with van der Waals surface area (Å²) in [5, 5.41) is 3.04. The number of benzene rings is 1. The molecule has 0 saturated heterocycles. The van der Waals surface area contributed by atoms with Crippen LogP contribution in [-0.4, -0.2) is 17.4 Å². The van der Waals surface area contributed by atoms with Gasteiger partial charge in [0.2, 0.25) is 5.91 Å². The van der Waals surface area contributed by atoms with Crippen molar-refractivity contribution in [3.63, 3.8) is 0 Å². The van der Waals surface area contributed by atoms with Gasteiger partial charge in [0.15, 0.2) is 0 Å². The van der Waals surface area contributed by atoms with E-state index >= 15 is 0 Å². The van der Waals surface area contributed by atoms with Crippen LogP contribution in [0.25, 0.3) is 0 Å². The predicted octanol–water partition coefficient (Wildman–Crippen LogP) is 2.42. The molecule has 0 bridgehead atoms. The third-order valence-corrected chi connectivity index (χ3v) is 4.23. The fourth-order valence-corrected chi connectivity index (χ4v) is 2.94. The van der Waals surface area contributed by atoms with Crippen molar-refractivity contribution in [2.24, 2.45) is 17.6 Å². The Bertz CT molecular complexity index is 484. The molecule has 1 fully saturated rings. The zero-order valence-electron chi connectivity index (χ0n) is 11.9. The molecule has 0 radical (unpaired) electrons. The molecule has 1 saturated carbocycles. The number of carbonyl (C=O) groups excluding carboxylic acids is 1. The van der Waals surface area contributed by atoms with E-state index in [1.807, 2.05) is 24.3 Å². The number of hydrogen-bond donors (Lipinski definition) is 2. The Morgan fingerprint density at radius 2 is 2.05 bits per heavy atom. The van der Waals surface area contributed by atoms with Gasteiger partial charge in [0, 0.05) is 12.1 Å². The first kappa shape index (κ1) is 15.0. The lowest BCUT2D eigenvalue weighted by molar-refractivity contribution is -0.120. The van der Waals surface area contributed by atoms with Gasteiger partial charge in [-0.3, -0.25) is 4.79 Å². The zero-order chi connectivity index (χ0) is 14.5. The maximum atomic E-state index is 11.9. The number of nitrogens with one attached hydrogen (secondary N) is 1. The van der Waals surface area contributed by atoms with Crippen LogP contribution in [0, 0.1) is 11.8 Å². The van der Waals surface area contributed by atoms with Crippen LogP contribution in [0.3, 0.4) is 0 Å². The molecule has 2 atom stereocenters. The average molecular weight is 290 g/mol. The van der Waals surface area contributed by atoms with Crippen LogP contribution in [0.2, 0.25) is 0 Å². The number of thiocarbonyl (C=S) groups is 1. The van der Waals surface area contributed by atoms with E-state index in [4.69, 9.17) is 18.0 Å². The molecule has 108 valence electrons. The van der Waals surface area contributed by atoms with Gasteiger partial charge in [0.1, 0.15) is 4.99 Å². The lowest BCUT2D eigenvalue weighted by Crippen LogP contribution is -2.29. The molecule has 4 heteroatoms. The summed E-state index contributed by atoms with van der Waals surface area (Å²) < 4.78 is 0. The largest absolute Gasteiger partial charge is 0.389 e. The first-order chi connectivity index (χ1) is 9.54. The van der Waals surface area contributed by atoms with Crippen molar-refractivity contribution >= 4 is 23.1 Å². The lowest BCUT2D eigenvalue weighted by Gasteiger charge is -2.11. The Morgan fingerprint density at radius 1 is 1.35 bits per heavy atom. The van der Waals surface area contributed by atoms with E-state index in [1.165, 1.54) is 19.3 Å². The Morgan fingerprint density at radius 3 is 2.60 bits per heavy atom. The smallest absolute Gasteiger partial charge is 0.224 e. The van der Waals surface area contributed by atoms with Crippen LogP contribution in [0.5, 0.6) is 0 Å². The molecule has 1 aliphatic rings. The minimum absolute atomic E-state index is 0.0904. The third-order valence-electron chi connectivity index (χ3n) is 3.99. The Hall–Kier alpha value is -1.42. The summed E-state index contributed by atoms with van der Waals surface area (Å²) in [5.74, 6) is 1.56. The van der Waals surface area contributed by atoms with E-state index in [9.17, 15) is 4.79 Å². The molecule has 1 amide bonds. The van der Waals surface area contributed by atoms with Gasteiger partial charge in [0.25, 0.3) is 0 Å². The highest BCUT2D eigenvalue weighted by molar-refractivity contribution is 7.80. The molecule has 1 aromatic carbocycles. The van der Waals surface area contributed by atoms with Crippen molar-refractivity contribution in [2.45, 2.75) is 32.6 Å². The maximum Gasteiger partial charge on any atom is 0.224 e. The third kappa shape index (κ3) is 4.30. The summed E-state index contributed by atoms with van der Waals surface area (Å²) in [6, 6.07) is 7.55. The molecule has 2 unspecified atom stereocenters. The van der Waals surface area contributed by atoms with Crippen LogP contribution in [0.1, 0.15) is 37.3 Å². The van der Waals surface area contributed by atoms with Gasteiger partial charge in [-0.25, -0.2) is 0 Å². The number of nitrogens with two attached hydrogens (primary N) is 1. The van der Waals surface area contributed by atoms with Gasteiger partial charge in [-0.1, -0.05) is 49.8 Å². The molecule has 1 aromatic rings. The molecular formula is C16H22N2OS. The lowest BCUT2D eigenvalue weighted by atomic mass is 10.1. The SMILES string of the molecule is CC1CCC(CNC(=O)Cc2ccc(C(N)=S)cc2)C1. The van der Waals surface area contributed by atoms with Crippen LogP contribution < -0.4 is 11.1 Å². The van der Waals surface area contributed by atoms with Crippen molar-refractivity contribution < 1.29 is 4.79 Å². The molecule has 0 spiro atoms. The van der Waals surface area contributed by atoms with Crippen molar-refractivity contribution in [1.82, 2.24) is 5.32 Å². The van der Waals surface area contributed by atoms with Gasteiger partial charge in [0.05, 0.1) is 6.42 Å². The first-order valence-electron chi connectivity index (χ1n) is 7.20. The molecule has 0 heterocycles. The summed E-state index contributed by atoms with van der Waals surface area (Å²) in [7, 11) is 0. The second kappa shape index (κ2) is 6.84. The normalized spacial score (nSPS) is 21.6. The second-order valence-corrected chi connectivity index (χ2v) is 6.27. The minimum Gasteiger partial charge on any atom is -0.389 e. The monoisotopic (exact) mass is 290 g/mol. The molecular weight excluding hydrogens is 268 g/mol. The number of amides is 1. The summed E-state index contributed by atoms with van der Waals surface area (Å²) in [6.45, 7) is 3.10. The number of hydrogen-bond acceptors (Lipinski definition) is 2. The molecule has 1 aliphatic carbocycles. The van der Waals surface area contributed by atoms with E-state index in [0.717, 1.165) is 23.6 Å². The second-order valence-electron chi connectivity index (χ2n) is 5.83. The molecule has 0 aliphatic heterocycles. The van der Waals surface area contributed by atoms with Crippen molar-refractivity contribution in [3.8, 4) is 0 Å². The highest BCUT2D eigenvalue weighted by atomic mass is 32.1. The van der Waals surface area contributed by atoms with Crippen LogP contribution in [0.15, 0.2) is 24.3 Å². The van der Waals surface area contributed by atoms with Crippen LogP contribution in [0.4, 0.5) is 0 Å². The highest BCUT2D eigenvalue weighted by Crippen LogP contribution is 2.29. The molecule has 20 heavy (non-hydrogen) atoms. The zero-order valence-corrected chi connectivity index (χ0v) is 12.7. The number of carbonyl (C=O) groups is 1. The van der Waals surface area contributed by atoms with E-state index in [2.05, 4.69) is 12.2 Å². The fourth-order valence-electron chi connectivity index (χ4n) is 2.80. The van der Waals surface area contributed by atoms with E-state index < -0.39 is 0 Å². The summed E-state index contributed by atoms with van der Waals surface area (Å²) in [4.78, 5) is 12.3. The molecule has 2 rings (SSSR count). The predicted molar refractivity (Wildman–Crippen MR) is 85.5 cm³/mol. The van der Waals surface area contributed by atoms with Gasteiger partial charge in [-0.15, -0.1) is 0 Å². The average Bonchev–Trinajstić information content (AvgIpc) is 2.83. The highest BCUT2D eigenvalue weighted by Gasteiger charge is 2.21. The standard InChI is InChI=1S/C16H22N2OS/c1-11-2-3-13(8-11)10-18-15(19)9-12-4-6-14(7-5-12)16(17)20/h4-7,11,13H,2-3,8-10H2,1H3,(H2,17,20)(H,18,19). The summed E-state index contributed by atoms with van der Waals surface area (Å²) in [6.07, 6.45) is 4.19. The fraction of sp³-hybridized carbons (Fsp3) is 0.500. The van der Waals surface area contributed by atoms with E-state index in [-0.39, 0.29) is 5.91 Å². The quantitative estimate of drug-likeness (QED) is 0.819. The Balaban J connectivity index is 1.77. The van der Waals surface area contributed by atoms with E-state index in [0.29, 0.717) is 17.3 Å². The Labute approximate surface area is 125 Å². The molecule has 3 N–H and O–H groups in total. The molecule has 0 aromatic heterocycles. The minimum atomic E-state index is 0.0904. The van der Waals surface area contributed by atoms with E-state index in [1.54, 1.807) is 0 Å².